The fraction of sp³-hybridized carbons (Fsp3) is 0.421. The van der Waals surface area contributed by atoms with E-state index in [9.17, 15) is 13.2 Å². The van der Waals surface area contributed by atoms with Gasteiger partial charge < -0.3 is 10.2 Å². The predicted octanol–water partition coefficient (Wildman–Crippen LogP) is 0.557. The smallest absolute Gasteiger partial charge is 0.275 e. The van der Waals surface area contributed by atoms with Crippen LogP contribution in [0.1, 0.15) is 18.4 Å². The van der Waals surface area contributed by atoms with Crippen LogP contribution in [0.25, 0.3) is 0 Å². The van der Waals surface area contributed by atoms with E-state index in [1.54, 1.807) is 17.5 Å². The van der Waals surface area contributed by atoms with Gasteiger partial charge in [0.15, 0.2) is 6.54 Å². The number of benzene rings is 1. The van der Waals surface area contributed by atoms with Crippen molar-refractivity contribution in [3.05, 3.63) is 53.4 Å². The molecule has 8 heteroatoms. The van der Waals surface area contributed by atoms with Crippen LogP contribution in [0.3, 0.4) is 0 Å². The first kappa shape index (κ1) is 20.0. The van der Waals surface area contributed by atoms with Crippen LogP contribution in [-0.2, 0) is 14.8 Å². The second kappa shape index (κ2) is 8.97. The highest BCUT2D eigenvalue weighted by Crippen LogP contribution is 2.20. The Morgan fingerprint density at radius 2 is 1.89 bits per heavy atom. The number of hydrogen-bond acceptors (Lipinski definition) is 4. The molecule has 3 rings (SSSR count). The Labute approximate surface area is 164 Å². The standard InChI is InChI=1S/C19H25N3O3S2/c1-16(17-6-3-2-4-7-17)14-20-18(23)15-21-9-11-22(12-10-21)27(24,25)19-8-5-13-26-19/h2-8,13,16H,9-12,14-15H2,1H3,(H,20,23)/p+1/t16-/m0/s1. The van der Waals surface area contributed by atoms with Crippen LogP contribution >= 0.6 is 11.3 Å². The molecule has 0 radical (unpaired) electrons. The number of carbonyl (C=O) groups excluding carboxylic acids is 1. The SMILES string of the molecule is C[C@@H](CNC(=O)C[NH+]1CCN(S(=O)(=O)c2cccs2)CC1)c1ccccc1. The van der Waals surface area contributed by atoms with Crippen molar-refractivity contribution in [2.24, 2.45) is 0 Å². The van der Waals surface area contributed by atoms with Gasteiger partial charge in [0.05, 0.1) is 26.2 Å². The lowest BCUT2D eigenvalue weighted by Crippen LogP contribution is -3.15. The molecule has 1 aliphatic heterocycles. The quantitative estimate of drug-likeness (QED) is 0.703. The van der Waals surface area contributed by atoms with Crippen molar-refractivity contribution >= 4 is 27.3 Å². The van der Waals surface area contributed by atoms with Crippen molar-refractivity contribution < 1.29 is 18.1 Å². The lowest BCUT2D eigenvalue weighted by molar-refractivity contribution is -0.895. The van der Waals surface area contributed by atoms with Gasteiger partial charge in [0, 0.05) is 6.54 Å². The Kier molecular flexibility index (Phi) is 6.64. The van der Waals surface area contributed by atoms with Crippen LogP contribution in [0.5, 0.6) is 0 Å². The zero-order valence-electron chi connectivity index (χ0n) is 15.4. The Morgan fingerprint density at radius 1 is 1.19 bits per heavy atom. The maximum atomic E-state index is 12.5. The van der Waals surface area contributed by atoms with E-state index in [0.29, 0.717) is 43.5 Å². The van der Waals surface area contributed by atoms with Gasteiger partial charge in [0.25, 0.3) is 15.9 Å². The average Bonchev–Trinajstić information content (AvgIpc) is 3.23. The molecule has 1 aliphatic rings. The summed E-state index contributed by atoms with van der Waals surface area (Å²) in [6, 6.07) is 13.5. The van der Waals surface area contributed by atoms with E-state index < -0.39 is 10.0 Å². The number of nitrogens with zero attached hydrogens (tertiary/aromatic N) is 1. The molecule has 1 atom stereocenters. The number of thiophene rings is 1. The number of sulfonamides is 1. The second-order valence-electron chi connectivity index (χ2n) is 6.88. The first-order chi connectivity index (χ1) is 13.0. The van der Waals surface area contributed by atoms with Crippen molar-refractivity contribution in [3.8, 4) is 0 Å². The first-order valence-corrected chi connectivity index (χ1v) is 11.5. The van der Waals surface area contributed by atoms with Crippen LogP contribution < -0.4 is 10.2 Å². The number of amides is 1. The van der Waals surface area contributed by atoms with E-state index >= 15 is 0 Å². The summed E-state index contributed by atoms with van der Waals surface area (Å²) in [5.74, 6) is 0.278. The van der Waals surface area contributed by atoms with E-state index in [2.05, 4.69) is 24.4 Å². The van der Waals surface area contributed by atoms with Gasteiger partial charge in [-0.15, -0.1) is 11.3 Å². The third kappa shape index (κ3) is 5.16. The summed E-state index contributed by atoms with van der Waals surface area (Å²) in [5.41, 5.74) is 1.21. The van der Waals surface area contributed by atoms with Crippen LogP contribution in [0.4, 0.5) is 0 Å². The van der Waals surface area contributed by atoms with Gasteiger partial charge in [0.1, 0.15) is 4.21 Å². The minimum absolute atomic E-state index is 0.0161. The molecule has 0 bridgehead atoms. The van der Waals surface area contributed by atoms with Gasteiger partial charge in [0.2, 0.25) is 0 Å². The van der Waals surface area contributed by atoms with Gasteiger partial charge >= 0.3 is 0 Å². The molecule has 0 aliphatic carbocycles. The molecule has 1 fully saturated rings. The lowest BCUT2D eigenvalue weighted by atomic mass is 10.0. The van der Waals surface area contributed by atoms with Crippen LogP contribution in [0.2, 0.25) is 0 Å². The molecule has 1 amide bonds. The molecular formula is C19H26N3O3S2+. The molecule has 27 heavy (non-hydrogen) atoms. The maximum Gasteiger partial charge on any atom is 0.275 e. The Balaban J connectivity index is 1.43. The number of hydrogen-bond donors (Lipinski definition) is 2. The third-order valence-electron chi connectivity index (χ3n) is 4.90. The molecular weight excluding hydrogens is 382 g/mol. The molecule has 1 aromatic heterocycles. The van der Waals surface area contributed by atoms with Crippen molar-refractivity contribution in [1.29, 1.82) is 0 Å². The highest BCUT2D eigenvalue weighted by atomic mass is 32.2. The van der Waals surface area contributed by atoms with E-state index in [-0.39, 0.29) is 11.8 Å². The fourth-order valence-electron chi connectivity index (χ4n) is 3.21. The number of rotatable bonds is 7. The van der Waals surface area contributed by atoms with Crippen molar-refractivity contribution in [2.75, 3.05) is 39.3 Å². The zero-order chi connectivity index (χ0) is 19.3. The normalized spacial score (nSPS) is 17.5. The predicted molar refractivity (Wildman–Crippen MR) is 107 cm³/mol. The topological polar surface area (TPSA) is 70.9 Å². The van der Waals surface area contributed by atoms with Crippen LogP contribution in [0, 0.1) is 0 Å². The van der Waals surface area contributed by atoms with Crippen LogP contribution in [0.15, 0.2) is 52.1 Å². The molecule has 6 nitrogen and oxygen atoms in total. The van der Waals surface area contributed by atoms with Gasteiger partial charge in [-0.1, -0.05) is 43.3 Å². The highest BCUT2D eigenvalue weighted by molar-refractivity contribution is 7.91. The summed E-state index contributed by atoms with van der Waals surface area (Å²) in [4.78, 5) is 13.4. The summed E-state index contributed by atoms with van der Waals surface area (Å²) in [6.45, 7) is 5.27. The number of carbonyl (C=O) groups is 1. The van der Waals surface area contributed by atoms with Gasteiger partial charge in [-0.05, 0) is 22.9 Å². The monoisotopic (exact) mass is 408 g/mol. The van der Waals surface area contributed by atoms with E-state index in [1.165, 1.54) is 21.2 Å². The molecule has 0 unspecified atom stereocenters. The minimum Gasteiger partial charge on any atom is -0.351 e. The first-order valence-electron chi connectivity index (χ1n) is 9.15. The Morgan fingerprint density at radius 3 is 2.52 bits per heavy atom. The molecule has 2 N–H and O–H groups in total. The Bertz CT molecular complexity index is 830. The summed E-state index contributed by atoms with van der Waals surface area (Å²) in [6.07, 6.45) is 0. The van der Waals surface area contributed by atoms with Gasteiger partial charge in [-0.2, -0.15) is 4.31 Å². The van der Waals surface area contributed by atoms with Gasteiger partial charge in [-0.3, -0.25) is 4.79 Å². The van der Waals surface area contributed by atoms with Crippen LogP contribution in [-0.4, -0.2) is 57.9 Å². The molecule has 2 heterocycles. The van der Waals surface area contributed by atoms with E-state index in [4.69, 9.17) is 0 Å². The molecule has 1 saturated heterocycles. The summed E-state index contributed by atoms with van der Waals surface area (Å²) >= 11 is 1.24. The number of nitrogens with one attached hydrogen (secondary N) is 2. The van der Waals surface area contributed by atoms with E-state index in [1.807, 2.05) is 18.2 Å². The minimum atomic E-state index is -3.38. The highest BCUT2D eigenvalue weighted by Gasteiger charge is 2.31. The van der Waals surface area contributed by atoms with Crippen molar-refractivity contribution in [2.45, 2.75) is 17.1 Å². The van der Waals surface area contributed by atoms with E-state index in [0.717, 1.165) is 4.90 Å². The largest absolute Gasteiger partial charge is 0.351 e. The summed E-state index contributed by atoms with van der Waals surface area (Å²) < 4.78 is 27.0. The number of quaternary nitrogens is 1. The van der Waals surface area contributed by atoms with Crippen molar-refractivity contribution in [3.63, 3.8) is 0 Å². The molecule has 1 aromatic carbocycles. The summed E-state index contributed by atoms with van der Waals surface area (Å²) in [5, 5.41) is 4.78. The summed E-state index contributed by atoms with van der Waals surface area (Å²) in [7, 11) is -3.38. The number of piperazine rings is 1. The lowest BCUT2D eigenvalue weighted by Gasteiger charge is -2.30. The third-order valence-corrected chi connectivity index (χ3v) is 8.18. The average molecular weight is 409 g/mol. The molecule has 2 aromatic rings. The molecule has 0 saturated carbocycles. The zero-order valence-corrected chi connectivity index (χ0v) is 17.1. The molecule has 146 valence electrons. The van der Waals surface area contributed by atoms with Gasteiger partial charge in [-0.25, -0.2) is 8.42 Å². The van der Waals surface area contributed by atoms with Crippen molar-refractivity contribution in [1.82, 2.24) is 9.62 Å². The fourth-order valence-corrected chi connectivity index (χ4v) is 5.80. The molecule has 0 spiro atoms. The Hall–Kier alpha value is -1.74. The second-order valence-corrected chi connectivity index (χ2v) is 9.99. The maximum absolute atomic E-state index is 12.5.